The molecule has 3 aromatic rings. The van der Waals surface area contributed by atoms with Crippen LogP contribution in [-0.2, 0) is 35.8 Å². The molecule has 60 heavy (non-hydrogen) atoms. The Morgan fingerprint density at radius 1 is 1.08 bits per heavy atom. The number of nitrogens with zero attached hydrogens (tertiary/aromatic N) is 2. The van der Waals surface area contributed by atoms with E-state index in [2.05, 4.69) is 15.4 Å². The Bertz CT molecular complexity index is 2290. The first-order valence-corrected chi connectivity index (χ1v) is 22.9. The summed E-state index contributed by atoms with van der Waals surface area (Å²) in [5.41, 5.74) is -0.159. The lowest BCUT2D eigenvalue weighted by Gasteiger charge is -2.30. The van der Waals surface area contributed by atoms with Crippen LogP contribution in [0.15, 0.2) is 42.5 Å². The summed E-state index contributed by atoms with van der Waals surface area (Å²) < 4.78 is 51.3. The number of aryl methyl sites for hydroxylation is 1. The van der Waals surface area contributed by atoms with Gasteiger partial charge in [0.1, 0.15) is 35.2 Å². The second-order valence-electron chi connectivity index (χ2n) is 16.8. The number of sulfonamides is 1. The number of hydrogen-bond acceptors (Lipinski definition) is 12. The van der Waals surface area contributed by atoms with Crippen LogP contribution in [0.1, 0.15) is 98.7 Å². The quantitative estimate of drug-likeness (QED) is 0.206. The van der Waals surface area contributed by atoms with E-state index in [0.717, 1.165) is 23.3 Å². The zero-order chi connectivity index (χ0) is 43.0. The van der Waals surface area contributed by atoms with E-state index in [4.69, 9.17) is 23.9 Å². The van der Waals surface area contributed by atoms with Crippen molar-refractivity contribution in [1.29, 1.82) is 0 Å². The molecule has 17 heteroatoms. The Balaban J connectivity index is 1.23. The maximum atomic E-state index is 14.8. The number of benzene rings is 1. The fraction of sp³-hybridized carbons (Fsp3) is 0.558. The molecule has 3 N–H and O–H groups in total. The number of rotatable bonds is 12. The third kappa shape index (κ3) is 8.98. The number of nitrogens with one attached hydrogen (secondary N) is 3. The summed E-state index contributed by atoms with van der Waals surface area (Å²) in [6, 6.07) is 6.75. The van der Waals surface area contributed by atoms with Gasteiger partial charge in [0.05, 0.1) is 41.5 Å². The maximum Gasteiger partial charge on any atom is 0.262 e. The number of amides is 4. The highest BCUT2D eigenvalue weighted by atomic mass is 32.2. The zero-order valence-electron chi connectivity index (χ0n) is 35.0. The van der Waals surface area contributed by atoms with Crippen LogP contribution in [-0.4, -0.2) is 97.3 Å². The minimum atomic E-state index is -4.01. The third-order valence-corrected chi connectivity index (χ3v) is 15.2. The van der Waals surface area contributed by atoms with Crippen LogP contribution in [0, 0.1) is 12.8 Å². The average molecular weight is 866 g/mol. The summed E-state index contributed by atoms with van der Waals surface area (Å²) in [5.74, 6) is -1.36. The molecule has 2 saturated carbocycles. The monoisotopic (exact) mass is 865 g/mol. The molecule has 0 bridgehead atoms. The molecule has 4 aliphatic rings. The molecule has 0 radical (unpaired) electrons. The molecule has 3 fully saturated rings. The fourth-order valence-electron chi connectivity index (χ4n) is 8.05. The molecule has 7 rings (SSSR count). The number of carbonyl (C=O) groups excluding carboxylic acids is 4. The second-order valence-corrected chi connectivity index (χ2v) is 20.2. The average Bonchev–Trinajstić information content (AvgIpc) is 3.99. The molecule has 4 heterocycles. The molecule has 0 spiro atoms. The SMILES string of the molecule is COCc1ccc(C(=O)N[C@H]2CCCCC/C=C\[C@@H]3C[C@@]3(C(=O)NS(=O)(=O)C3(C)CC3)NC(=O)[C@@H]3C[C@@H](Oc4cc(OC(C)C)nc5c(C)c(OC)ccc45)CN3C2=O)s1. The Morgan fingerprint density at radius 2 is 1.87 bits per heavy atom. The lowest BCUT2D eigenvalue weighted by atomic mass is 10.0. The van der Waals surface area contributed by atoms with Crippen molar-refractivity contribution in [2.45, 2.75) is 127 Å². The van der Waals surface area contributed by atoms with Gasteiger partial charge in [-0.1, -0.05) is 25.0 Å². The van der Waals surface area contributed by atoms with E-state index in [-0.39, 0.29) is 25.5 Å². The first-order chi connectivity index (χ1) is 28.6. The van der Waals surface area contributed by atoms with E-state index < -0.39 is 68.0 Å². The molecule has 0 unspecified atom stereocenters. The lowest BCUT2D eigenvalue weighted by molar-refractivity contribution is -0.141. The largest absolute Gasteiger partial charge is 0.496 e. The molecule has 324 valence electrons. The van der Waals surface area contributed by atoms with E-state index in [1.54, 1.807) is 33.3 Å². The van der Waals surface area contributed by atoms with Crippen molar-refractivity contribution < 1.29 is 46.5 Å². The molecule has 2 aliphatic heterocycles. The molecular formula is C43H55N5O10S2. The molecule has 2 aliphatic carbocycles. The Hall–Kier alpha value is -4.74. The van der Waals surface area contributed by atoms with E-state index in [9.17, 15) is 27.6 Å². The van der Waals surface area contributed by atoms with Gasteiger partial charge in [-0.3, -0.25) is 23.9 Å². The number of carbonyl (C=O) groups is 4. The Kier molecular flexibility index (Phi) is 12.5. The maximum absolute atomic E-state index is 14.8. The molecule has 1 aromatic carbocycles. The summed E-state index contributed by atoms with van der Waals surface area (Å²) in [6.07, 6.45) is 7.23. The van der Waals surface area contributed by atoms with Gasteiger partial charge in [-0.05, 0) is 90.5 Å². The van der Waals surface area contributed by atoms with E-state index in [1.165, 1.54) is 16.2 Å². The number of pyridine rings is 1. The van der Waals surface area contributed by atoms with Crippen molar-refractivity contribution >= 4 is 55.9 Å². The fourth-order valence-corrected chi connectivity index (χ4v) is 10.2. The number of methoxy groups -OCH3 is 2. The van der Waals surface area contributed by atoms with Gasteiger partial charge in [-0.25, -0.2) is 13.4 Å². The second kappa shape index (κ2) is 17.3. The Morgan fingerprint density at radius 3 is 2.58 bits per heavy atom. The summed E-state index contributed by atoms with van der Waals surface area (Å²) >= 11 is 1.27. The molecule has 5 atom stereocenters. The summed E-state index contributed by atoms with van der Waals surface area (Å²) in [5, 5.41) is 6.57. The third-order valence-electron chi connectivity index (χ3n) is 11.9. The molecule has 2 aromatic heterocycles. The first-order valence-electron chi connectivity index (χ1n) is 20.6. The molecule has 4 amide bonds. The van der Waals surface area contributed by atoms with Crippen molar-refractivity contribution in [3.8, 4) is 17.4 Å². The van der Waals surface area contributed by atoms with E-state index in [1.807, 2.05) is 51.1 Å². The van der Waals surface area contributed by atoms with Crippen LogP contribution < -0.4 is 29.6 Å². The minimum absolute atomic E-state index is 0.0190. The number of ether oxygens (including phenoxy) is 4. The highest BCUT2D eigenvalue weighted by molar-refractivity contribution is 7.91. The van der Waals surface area contributed by atoms with E-state index in [0.29, 0.717) is 71.9 Å². The number of fused-ring (bicyclic) bond motifs is 3. The van der Waals surface area contributed by atoms with Crippen LogP contribution in [0.5, 0.6) is 17.4 Å². The lowest BCUT2D eigenvalue weighted by Crippen LogP contribution is -2.58. The minimum Gasteiger partial charge on any atom is -0.496 e. The molecular weight excluding hydrogens is 811 g/mol. The number of thiophene rings is 1. The van der Waals surface area contributed by atoms with Crippen molar-refractivity contribution in [2.75, 3.05) is 20.8 Å². The van der Waals surface area contributed by atoms with Gasteiger partial charge in [0.25, 0.3) is 11.8 Å². The van der Waals surface area contributed by atoms with Crippen LogP contribution in [0.2, 0.25) is 0 Å². The van der Waals surface area contributed by atoms with E-state index >= 15 is 0 Å². The normalized spacial score (nSPS) is 25.9. The van der Waals surface area contributed by atoms with Crippen LogP contribution in [0.25, 0.3) is 10.9 Å². The zero-order valence-corrected chi connectivity index (χ0v) is 36.6. The van der Waals surface area contributed by atoms with Gasteiger partial charge in [0, 0.05) is 41.3 Å². The van der Waals surface area contributed by atoms with Crippen molar-refractivity contribution in [3.05, 3.63) is 57.8 Å². The smallest absolute Gasteiger partial charge is 0.262 e. The summed E-state index contributed by atoms with van der Waals surface area (Å²) in [4.78, 5) is 64.6. The molecule has 1 saturated heterocycles. The van der Waals surface area contributed by atoms with Gasteiger partial charge in [0.15, 0.2) is 0 Å². The van der Waals surface area contributed by atoms with Crippen LogP contribution >= 0.6 is 11.3 Å². The predicted molar refractivity (Wildman–Crippen MR) is 226 cm³/mol. The number of hydrogen-bond donors (Lipinski definition) is 3. The van der Waals surface area contributed by atoms with Crippen molar-refractivity contribution in [3.63, 3.8) is 0 Å². The number of allylic oxidation sites excluding steroid dienone is 1. The van der Waals surface area contributed by atoms with Gasteiger partial charge in [-0.15, -0.1) is 11.3 Å². The van der Waals surface area contributed by atoms with Gasteiger partial charge < -0.3 is 34.5 Å². The molecule has 15 nitrogen and oxygen atoms in total. The van der Waals surface area contributed by atoms with Crippen LogP contribution in [0.4, 0.5) is 0 Å². The predicted octanol–water partition coefficient (Wildman–Crippen LogP) is 5.09. The highest BCUT2D eigenvalue weighted by Gasteiger charge is 2.63. The van der Waals surface area contributed by atoms with Crippen molar-refractivity contribution in [1.82, 2.24) is 25.2 Å². The summed E-state index contributed by atoms with van der Waals surface area (Å²) in [7, 11) is -0.854. The topological polar surface area (TPSA) is 192 Å². The summed E-state index contributed by atoms with van der Waals surface area (Å²) in [6.45, 7) is 7.58. The standard InChI is InChI=1S/C43H55N5O10S2/c1-25(2)57-36-21-34(30-15-16-33(56-6)26(3)37(30)45-36)58-28-20-32-38(49)46-43(41(52)47-60(53,54)42(4)18-19-42)22-27(43)12-10-8-7-9-11-13-31(40(51)48(32)23-28)44-39(50)35-17-14-29(59-35)24-55-5/h10,12,14-17,21,25,27-28,31-32H,7-9,11,13,18-20,22-24H2,1-6H3,(H,44,50)(H,46,49)(H,47,52)/b12-10-/t27-,28-,31+,32+,43-/m1/s1. The number of aromatic nitrogens is 1. The van der Waals surface area contributed by atoms with Gasteiger partial charge in [-0.2, -0.15) is 0 Å². The highest BCUT2D eigenvalue weighted by Crippen LogP contribution is 2.48. The van der Waals surface area contributed by atoms with Gasteiger partial charge in [0.2, 0.25) is 27.7 Å². The van der Waals surface area contributed by atoms with Gasteiger partial charge >= 0.3 is 0 Å². The first kappa shape index (κ1) is 43.4. The van der Waals surface area contributed by atoms with Crippen LogP contribution in [0.3, 0.4) is 0 Å². The Labute approximate surface area is 355 Å². The van der Waals surface area contributed by atoms with Crippen molar-refractivity contribution in [2.24, 2.45) is 5.92 Å².